The minimum atomic E-state index is -0.437. The van der Waals surface area contributed by atoms with Crippen LogP contribution in [0.15, 0.2) is 178 Å². The summed E-state index contributed by atoms with van der Waals surface area (Å²) in [5.74, 6) is -0.437. The van der Waals surface area contributed by atoms with E-state index in [2.05, 4.69) is 116 Å². The van der Waals surface area contributed by atoms with Gasteiger partial charge in [-0.3, -0.25) is 56.3 Å². The molecule has 0 bridgehead atoms. The predicted octanol–water partition coefficient (Wildman–Crippen LogP) is 9.77. The van der Waals surface area contributed by atoms with Crippen LogP contribution in [0.4, 0.5) is 27.1 Å². The van der Waals surface area contributed by atoms with E-state index in [0.717, 1.165) is 182 Å². The van der Waals surface area contributed by atoms with Gasteiger partial charge in [0.05, 0.1) is 109 Å². The summed E-state index contributed by atoms with van der Waals surface area (Å²) < 4.78 is 28.1. The Morgan fingerprint density at radius 1 is 0.488 bits per heavy atom. The zero-order valence-corrected chi connectivity index (χ0v) is 70.1. The number of anilines is 4. The van der Waals surface area contributed by atoms with E-state index in [1.807, 2.05) is 161 Å². The Labute approximate surface area is 696 Å². The third-order valence-corrected chi connectivity index (χ3v) is 23.8. The van der Waals surface area contributed by atoms with Crippen LogP contribution in [0.2, 0.25) is 0 Å². The van der Waals surface area contributed by atoms with Crippen molar-refractivity contribution in [3.8, 4) is 45.3 Å². The van der Waals surface area contributed by atoms with Gasteiger partial charge in [-0.05, 0) is 160 Å². The van der Waals surface area contributed by atoms with Crippen LogP contribution >= 0.6 is 0 Å². The molecule has 21 rings (SSSR count). The number of halogens is 1. The minimum absolute atomic E-state index is 0.0304. The largest absolute Gasteiger partial charge is 0.368 e. The van der Waals surface area contributed by atoms with Crippen molar-refractivity contribution in [3.05, 3.63) is 240 Å². The SMILES string of the molecule is CCc1nc(C)cn2nc(-c3cc(=O)n4cc(N5CCNCC5)ccc4n3)cc12.C[C@@H]1CN(c2ccc3nc(-c4ccc5c(cnn5C)c4)cc(=O)n3c2)CCN1.Cc1cn2cc(-c3cc(=O)n4cc(N5CCN(C6CCC6)[C@@H](C)C5)ccc4n3)cc(F)c2n1.Cc1cn2nc(-c3cc(=O)n4cc(N5CCNC(C)(C)C5)cc(C)c4n3)cc2c(C)n1. The normalized spacial score (nSPS) is 17.2. The minimum Gasteiger partial charge on any atom is -0.368 e. The number of fused-ring (bicyclic) bond motifs is 8. The van der Waals surface area contributed by atoms with Gasteiger partial charge in [0.25, 0.3) is 22.2 Å². The highest BCUT2D eigenvalue weighted by atomic mass is 19.1. The number of imidazole rings is 1. The highest BCUT2D eigenvalue weighted by molar-refractivity contribution is 5.84. The summed E-state index contributed by atoms with van der Waals surface area (Å²) >= 11 is 0. The van der Waals surface area contributed by atoms with Gasteiger partial charge >= 0.3 is 0 Å². The molecule has 5 fully saturated rings. The lowest BCUT2D eigenvalue weighted by Gasteiger charge is -2.47. The van der Waals surface area contributed by atoms with Gasteiger partial charge in [0.15, 0.2) is 11.5 Å². The molecule has 0 radical (unpaired) electrons. The first-order valence-electron chi connectivity index (χ1n) is 41.7. The molecule has 0 amide bonds. The van der Waals surface area contributed by atoms with Crippen molar-refractivity contribution < 1.29 is 4.39 Å². The van der Waals surface area contributed by atoms with Crippen molar-refractivity contribution in [1.82, 2.24) is 107 Å². The number of hydrogen-bond acceptors (Lipinski definition) is 22. The number of piperazine rings is 4. The lowest BCUT2D eigenvalue weighted by molar-refractivity contribution is 0.0775. The third kappa shape index (κ3) is 16.1. The second kappa shape index (κ2) is 32.3. The average molecular weight is 1630 g/mol. The number of hydrogen-bond donors (Lipinski definition) is 3. The van der Waals surface area contributed by atoms with E-state index < -0.39 is 5.82 Å². The van der Waals surface area contributed by atoms with Crippen molar-refractivity contribution in [1.29, 1.82) is 0 Å². The molecule has 30 nitrogen and oxygen atoms in total. The van der Waals surface area contributed by atoms with E-state index in [1.165, 1.54) is 31.4 Å². The highest BCUT2D eigenvalue weighted by Crippen LogP contribution is 2.33. The Morgan fingerprint density at radius 2 is 1.06 bits per heavy atom. The molecule has 0 unspecified atom stereocenters. The molecule has 19 heterocycles. The summed E-state index contributed by atoms with van der Waals surface area (Å²) in [7, 11) is 1.92. The molecule has 0 spiro atoms. The zero-order chi connectivity index (χ0) is 83.8. The maximum Gasteiger partial charge on any atom is 0.258 e. The van der Waals surface area contributed by atoms with E-state index in [9.17, 15) is 23.6 Å². The number of pyridine rings is 5. The van der Waals surface area contributed by atoms with Gasteiger partial charge in [-0.25, -0.2) is 38.3 Å². The Kier molecular flexibility index (Phi) is 21.1. The van der Waals surface area contributed by atoms with Crippen LogP contribution < -0.4 is 57.8 Å². The van der Waals surface area contributed by atoms with Gasteiger partial charge in [-0.2, -0.15) is 15.3 Å². The molecule has 620 valence electrons. The lowest BCUT2D eigenvalue weighted by atomic mass is 9.89. The van der Waals surface area contributed by atoms with Crippen molar-refractivity contribution in [2.45, 2.75) is 119 Å². The summed E-state index contributed by atoms with van der Waals surface area (Å²) in [6.45, 7) is 32.8. The van der Waals surface area contributed by atoms with Crippen LogP contribution in [0.1, 0.15) is 87.9 Å². The van der Waals surface area contributed by atoms with Gasteiger partial charge in [0.1, 0.15) is 34.0 Å². The van der Waals surface area contributed by atoms with Gasteiger partial charge in [0.2, 0.25) is 0 Å². The van der Waals surface area contributed by atoms with E-state index >= 15 is 0 Å². The van der Waals surface area contributed by atoms with Gasteiger partial charge in [-0.1, -0.05) is 19.4 Å². The Morgan fingerprint density at radius 3 is 1.69 bits per heavy atom. The topological polar surface area (TPSA) is 285 Å². The van der Waals surface area contributed by atoms with E-state index in [4.69, 9.17) is 15.0 Å². The average Bonchev–Trinajstić information content (AvgIpc) is 1.75. The first-order chi connectivity index (χ1) is 58.4. The maximum absolute atomic E-state index is 14.6. The summed E-state index contributed by atoms with van der Waals surface area (Å²) in [4.78, 5) is 95.8. The van der Waals surface area contributed by atoms with E-state index in [1.54, 1.807) is 57.1 Å². The van der Waals surface area contributed by atoms with Crippen LogP contribution in [0.25, 0.3) is 95.5 Å². The number of benzene rings is 1. The third-order valence-electron chi connectivity index (χ3n) is 23.8. The molecule has 2 atom stereocenters. The number of aromatic nitrogens is 18. The van der Waals surface area contributed by atoms with E-state index in [0.29, 0.717) is 74.4 Å². The van der Waals surface area contributed by atoms with Crippen molar-refractivity contribution in [2.24, 2.45) is 7.05 Å². The summed E-state index contributed by atoms with van der Waals surface area (Å²) in [5.41, 5.74) is 19.9. The first kappa shape index (κ1) is 79.2. The molecule has 1 aliphatic carbocycles. The van der Waals surface area contributed by atoms with Crippen molar-refractivity contribution in [3.63, 3.8) is 0 Å². The molecule has 5 aliphatic rings. The molecule has 1 saturated carbocycles. The molecular weight excluding hydrogens is 1530 g/mol. The summed E-state index contributed by atoms with van der Waals surface area (Å²) in [6, 6.07) is 33.1. The number of nitrogens with one attached hydrogen (secondary N) is 3. The van der Waals surface area contributed by atoms with Crippen molar-refractivity contribution in [2.75, 3.05) is 105 Å². The molecule has 1 aromatic carbocycles. The van der Waals surface area contributed by atoms with Gasteiger partial charge in [0, 0.05) is 194 Å². The van der Waals surface area contributed by atoms with Crippen LogP contribution in [-0.4, -0.2) is 200 Å². The Bertz CT molecular complexity index is 6960. The van der Waals surface area contributed by atoms with Gasteiger partial charge in [-0.15, -0.1) is 0 Å². The molecule has 15 aromatic heterocycles. The van der Waals surface area contributed by atoms with Crippen LogP contribution in [0.5, 0.6) is 0 Å². The highest BCUT2D eigenvalue weighted by Gasteiger charge is 2.33. The Balaban J connectivity index is 0.000000111. The summed E-state index contributed by atoms with van der Waals surface area (Å²) in [6.07, 6.45) is 21.5. The Hall–Kier alpha value is -13.0. The second-order valence-electron chi connectivity index (χ2n) is 33.3. The predicted molar refractivity (Wildman–Crippen MR) is 472 cm³/mol. The molecule has 4 aliphatic heterocycles. The van der Waals surface area contributed by atoms with Gasteiger partial charge < -0.3 is 40.0 Å². The molecule has 31 heteroatoms. The maximum atomic E-state index is 14.6. The van der Waals surface area contributed by atoms with Crippen LogP contribution in [0.3, 0.4) is 0 Å². The first-order valence-corrected chi connectivity index (χ1v) is 41.7. The zero-order valence-electron chi connectivity index (χ0n) is 70.1. The fraction of sp³-hybridized carbons (Fsp3) is 0.356. The molecular formula is C90H99FN26O4. The monoisotopic (exact) mass is 1630 g/mol. The number of nitrogens with zero attached hydrogens (tertiary/aromatic N) is 23. The number of aryl methyl sites for hydroxylation is 7. The standard InChI is InChI=1S/C25H27FN6O.C23H27N7O.C21H23N7O.C21H22N6O/c1-16-12-30-14-18(10-21(26)25(30)27-16)22-11-24(33)32-15-20(6-7-23(32)28-22)29-8-9-31(17(2)13-29)19-4-3-5-19;1-14-8-17(28-7-6-24-23(4,5)13-28)12-29-21(31)10-18(26-22(14)29)19-9-20-16(3)25-15(2)11-30(20)27-19;1-3-16-19-10-18(25-28(19)12-14(2)23-16)17-11-21(29)27-13-15(4-5-20(27)24-17)26-8-6-22-7-9-26;1-14-12-26(8-7-22-14)17-4-6-20-24-18(10-21(28)27(20)13-17)15-3-5-19-16(9-15)11-23-25(19)2/h6-7,10-12,14-15,17,19H,3-5,8-9,13H2,1-2H3;8-12,24H,6-7,13H2,1-5H3;4-5,10-13,22H,3,6-9H2,1-2H3;3-6,9-11,13-14,22H,7-8,12H2,1-2H3/t17-;;;14-/m0..1/s1. The van der Waals surface area contributed by atoms with Crippen LogP contribution in [-0.2, 0) is 13.5 Å². The molecule has 3 N–H and O–H groups in total. The fourth-order valence-electron chi connectivity index (χ4n) is 17.5. The molecule has 16 aromatic rings. The smallest absolute Gasteiger partial charge is 0.258 e. The fourth-order valence-corrected chi connectivity index (χ4v) is 17.5. The second-order valence-corrected chi connectivity index (χ2v) is 33.3. The summed E-state index contributed by atoms with van der Waals surface area (Å²) in [5, 5.41) is 24.9. The number of rotatable bonds is 10. The molecule has 4 saturated heterocycles. The quantitative estimate of drug-likeness (QED) is 0.115. The molecule has 121 heavy (non-hydrogen) atoms. The van der Waals surface area contributed by atoms with Crippen molar-refractivity contribution >= 4 is 72.9 Å². The lowest BCUT2D eigenvalue weighted by Crippen LogP contribution is -2.57. The van der Waals surface area contributed by atoms with E-state index in [-0.39, 0.29) is 33.4 Å². The van der Waals surface area contributed by atoms with Crippen LogP contribution in [0, 0.1) is 40.4 Å².